The van der Waals surface area contributed by atoms with Crippen molar-refractivity contribution in [2.24, 2.45) is 0 Å². The maximum absolute atomic E-state index is 5.19. The second kappa shape index (κ2) is 5.93. The molecule has 78 valence electrons. The van der Waals surface area contributed by atoms with Gasteiger partial charge in [-0.1, -0.05) is 35.7 Å². The Kier molecular flexibility index (Phi) is 4.50. The molecule has 0 saturated heterocycles. The average molecular weight is 200 g/mol. The van der Waals surface area contributed by atoms with E-state index >= 15 is 0 Å². The second-order valence-electron chi connectivity index (χ2n) is 3.47. The van der Waals surface area contributed by atoms with Crippen LogP contribution in [0.5, 0.6) is 0 Å². The average Bonchev–Trinajstić information content (AvgIpc) is 2.26. The van der Waals surface area contributed by atoms with Gasteiger partial charge in [0, 0.05) is 12.5 Å². The summed E-state index contributed by atoms with van der Waals surface area (Å²) in [7, 11) is 1.65. The van der Waals surface area contributed by atoms with Crippen LogP contribution >= 0.6 is 0 Å². The van der Waals surface area contributed by atoms with E-state index in [1.54, 1.807) is 13.2 Å². The van der Waals surface area contributed by atoms with Gasteiger partial charge in [-0.3, -0.25) is 0 Å². The lowest BCUT2D eigenvalue weighted by Crippen LogP contribution is -1.91. The first-order valence-corrected chi connectivity index (χ1v) is 5.01. The van der Waals surface area contributed by atoms with E-state index in [2.05, 4.69) is 37.1 Å². The molecule has 0 bridgehead atoms. The lowest BCUT2D eigenvalue weighted by Gasteiger charge is -2.05. The quantitative estimate of drug-likeness (QED) is 0.536. The standard InChI is InChI=1S/C14H16O/c1-4-5-14(15-3)11-10-13-8-6-12(2)7-9-13/h1,5-9H,10-11H2,2-3H3/b14-5-. The molecule has 0 aliphatic heterocycles. The third-order valence-electron chi connectivity index (χ3n) is 2.29. The van der Waals surface area contributed by atoms with Crippen LogP contribution in [0.15, 0.2) is 36.1 Å². The Morgan fingerprint density at radius 2 is 2.07 bits per heavy atom. The SMILES string of the molecule is C#C/C=C(/CCc1ccc(C)cc1)OC. The van der Waals surface area contributed by atoms with Crippen LogP contribution in [-0.4, -0.2) is 7.11 Å². The van der Waals surface area contributed by atoms with Crippen LogP contribution < -0.4 is 0 Å². The fourth-order valence-corrected chi connectivity index (χ4v) is 1.35. The minimum absolute atomic E-state index is 0.851. The Morgan fingerprint density at radius 3 is 2.60 bits per heavy atom. The Balaban J connectivity index is 2.54. The molecule has 0 heterocycles. The normalized spacial score (nSPS) is 10.9. The van der Waals surface area contributed by atoms with Crippen molar-refractivity contribution in [3.05, 3.63) is 47.2 Å². The number of aryl methyl sites for hydroxylation is 2. The van der Waals surface area contributed by atoms with E-state index in [1.807, 2.05) is 0 Å². The molecule has 0 aromatic heterocycles. The second-order valence-corrected chi connectivity index (χ2v) is 3.47. The number of hydrogen-bond donors (Lipinski definition) is 0. The molecule has 0 amide bonds. The smallest absolute Gasteiger partial charge is 0.104 e. The third-order valence-corrected chi connectivity index (χ3v) is 2.29. The highest BCUT2D eigenvalue weighted by Gasteiger charge is 1.97. The molecule has 0 atom stereocenters. The van der Waals surface area contributed by atoms with Crippen molar-refractivity contribution in [1.82, 2.24) is 0 Å². The molecule has 1 nitrogen and oxygen atoms in total. The van der Waals surface area contributed by atoms with Crippen LogP contribution in [0, 0.1) is 19.3 Å². The van der Waals surface area contributed by atoms with Crippen LogP contribution in [0.25, 0.3) is 0 Å². The molecule has 0 saturated carbocycles. The van der Waals surface area contributed by atoms with E-state index in [1.165, 1.54) is 11.1 Å². The number of hydrogen-bond acceptors (Lipinski definition) is 1. The van der Waals surface area contributed by atoms with Crippen LogP contribution in [0.2, 0.25) is 0 Å². The molecule has 0 N–H and O–H groups in total. The van der Waals surface area contributed by atoms with E-state index in [0.717, 1.165) is 18.6 Å². The van der Waals surface area contributed by atoms with Crippen LogP contribution in [0.3, 0.4) is 0 Å². The molecule has 0 aliphatic rings. The Labute approximate surface area is 91.8 Å². The predicted octanol–water partition coefficient (Wildman–Crippen LogP) is 3.09. The summed E-state index contributed by atoms with van der Waals surface area (Å²) in [6.45, 7) is 2.09. The van der Waals surface area contributed by atoms with Gasteiger partial charge in [0.05, 0.1) is 7.11 Å². The summed E-state index contributed by atoms with van der Waals surface area (Å²) in [5, 5.41) is 0. The molecule has 0 unspecified atom stereocenters. The zero-order valence-electron chi connectivity index (χ0n) is 9.29. The van der Waals surface area contributed by atoms with E-state index in [4.69, 9.17) is 11.2 Å². The topological polar surface area (TPSA) is 9.23 Å². The molecule has 1 heteroatoms. The number of benzene rings is 1. The first kappa shape index (κ1) is 11.4. The van der Waals surface area contributed by atoms with Gasteiger partial charge in [0.25, 0.3) is 0 Å². The summed E-state index contributed by atoms with van der Waals surface area (Å²) >= 11 is 0. The summed E-state index contributed by atoms with van der Waals surface area (Å²) in [5.74, 6) is 3.34. The van der Waals surface area contributed by atoms with Crippen LogP contribution in [0.1, 0.15) is 17.5 Å². The molecule has 1 aromatic carbocycles. The van der Waals surface area contributed by atoms with Gasteiger partial charge in [-0.2, -0.15) is 0 Å². The summed E-state index contributed by atoms with van der Waals surface area (Å²) in [5.41, 5.74) is 2.59. The van der Waals surface area contributed by atoms with Gasteiger partial charge in [-0.05, 0) is 18.9 Å². The summed E-state index contributed by atoms with van der Waals surface area (Å²) in [4.78, 5) is 0. The highest BCUT2D eigenvalue weighted by Crippen LogP contribution is 2.10. The fraction of sp³-hybridized carbons (Fsp3) is 0.286. The van der Waals surface area contributed by atoms with Crippen molar-refractivity contribution in [2.45, 2.75) is 19.8 Å². The first-order valence-electron chi connectivity index (χ1n) is 5.01. The van der Waals surface area contributed by atoms with Gasteiger partial charge < -0.3 is 4.74 Å². The summed E-state index contributed by atoms with van der Waals surface area (Å²) < 4.78 is 5.15. The summed E-state index contributed by atoms with van der Waals surface area (Å²) in [6, 6.07) is 8.51. The van der Waals surface area contributed by atoms with Gasteiger partial charge in [0.2, 0.25) is 0 Å². The fourth-order valence-electron chi connectivity index (χ4n) is 1.35. The van der Waals surface area contributed by atoms with Gasteiger partial charge in [0.15, 0.2) is 0 Å². The van der Waals surface area contributed by atoms with Gasteiger partial charge >= 0.3 is 0 Å². The van der Waals surface area contributed by atoms with Gasteiger partial charge in [-0.25, -0.2) is 0 Å². The van der Waals surface area contributed by atoms with Crippen molar-refractivity contribution < 1.29 is 4.74 Å². The molecule has 0 spiro atoms. The molecule has 1 aromatic rings. The third kappa shape index (κ3) is 3.91. The minimum atomic E-state index is 0.851. The zero-order chi connectivity index (χ0) is 11.1. The van der Waals surface area contributed by atoms with Crippen molar-refractivity contribution >= 4 is 0 Å². The molecule has 0 fully saturated rings. The van der Waals surface area contributed by atoms with Gasteiger partial charge in [-0.15, -0.1) is 6.42 Å². The van der Waals surface area contributed by atoms with Crippen LogP contribution in [0.4, 0.5) is 0 Å². The maximum Gasteiger partial charge on any atom is 0.104 e. The number of rotatable bonds is 4. The number of ether oxygens (including phenoxy) is 1. The molecule has 15 heavy (non-hydrogen) atoms. The van der Waals surface area contributed by atoms with Crippen molar-refractivity contribution in [3.8, 4) is 12.3 Å². The number of allylic oxidation sites excluding steroid dienone is 2. The largest absolute Gasteiger partial charge is 0.500 e. The monoisotopic (exact) mass is 200 g/mol. The molecule has 0 radical (unpaired) electrons. The zero-order valence-corrected chi connectivity index (χ0v) is 9.29. The first-order chi connectivity index (χ1) is 7.26. The number of methoxy groups -OCH3 is 1. The highest BCUT2D eigenvalue weighted by atomic mass is 16.5. The number of terminal acetylenes is 1. The summed E-state index contributed by atoms with van der Waals surface area (Å²) in [6.07, 6.45) is 8.67. The molecule has 0 aliphatic carbocycles. The van der Waals surface area contributed by atoms with Crippen molar-refractivity contribution in [3.63, 3.8) is 0 Å². The lowest BCUT2D eigenvalue weighted by atomic mass is 10.1. The maximum atomic E-state index is 5.19. The van der Waals surface area contributed by atoms with Crippen molar-refractivity contribution in [1.29, 1.82) is 0 Å². The highest BCUT2D eigenvalue weighted by molar-refractivity contribution is 5.22. The van der Waals surface area contributed by atoms with Crippen LogP contribution in [-0.2, 0) is 11.2 Å². The Morgan fingerprint density at radius 1 is 1.40 bits per heavy atom. The lowest BCUT2D eigenvalue weighted by molar-refractivity contribution is 0.277. The van der Waals surface area contributed by atoms with E-state index in [-0.39, 0.29) is 0 Å². The molecule has 1 rings (SSSR count). The van der Waals surface area contributed by atoms with E-state index in [0.29, 0.717) is 0 Å². The van der Waals surface area contributed by atoms with Gasteiger partial charge in [0.1, 0.15) is 5.76 Å². The molecular weight excluding hydrogens is 184 g/mol. The van der Waals surface area contributed by atoms with Crippen molar-refractivity contribution in [2.75, 3.05) is 7.11 Å². The predicted molar refractivity (Wildman–Crippen MR) is 63.4 cm³/mol. The molecular formula is C14H16O. The minimum Gasteiger partial charge on any atom is -0.500 e. The Hall–Kier alpha value is -1.68. The van der Waals surface area contributed by atoms with E-state index in [9.17, 15) is 0 Å². The van der Waals surface area contributed by atoms with E-state index < -0.39 is 0 Å². The Bertz CT molecular complexity index is 365.